The highest BCUT2D eigenvalue weighted by Crippen LogP contribution is 2.25. The molecule has 0 radical (unpaired) electrons. The van der Waals surface area contributed by atoms with Gasteiger partial charge in [0.15, 0.2) is 5.75 Å². The Kier molecular flexibility index (Phi) is 5.35. The van der Waals surface area contributed by atoms with Gasteiger partial charge >= 0.3 is 6.09 Å². The highest BCUT2D eigenvalue weighted by molar-refractivity contribution is 6.32. The highest BCUT2D eigenvalue weighted by Gasteiger charge is 2.20. The van der Waals surface area contributed by atoms with Crippen molar-refractivity contribution >= 4 is 23.6 Å². The van der Waals surface area contributed by atoms with E-state index in [1.165, 1.54) is 0 Å². The van der Waals surface area contributed by atoms with Crippen LogP contribution in [0.15, 0.2) is 18.2 Å². The molecule has 0 spiro atoms. The molecule has 0 atom stereocenters. The van der Waals surface area contributed by atoms with Gasteiger partial charge in [-0.05, 0) is 17.7 Å². The Morgan fingerprint density at radius 1 is 1.35 bits per heavy atom. The molecule has 0 aromatic heterocycles. The molecule has 0 aliphatic rings. The summed E-state index contributed by atoms with van der Waals surface area (Å²) < 4.78 is 4.89. The standard InChI is InChI=1S/C13H18ClN3O3/c1-13(2,3)11(18)16-7-8-4-5-9(14)10(6-8)20-12(19)17-15/h4-6H,7,15H2,1-3H3,(H,16,18)(H,17,19). The molecule has 0 saturated heterocycles. The number of rotatable bonds is 3. The molecule has 6 nitrogen and oxygen atoms in total. The maximum absolute atomic E-state index is 11.8. The fourth-order valence-electron chi connectivity index (χ4n) is 1.31. The third-order valence-electron chi connectivity index (χ3n) is 2.45. The summed E-state index contributed by atoms with van der Waals surface area (Å²) >= 11 is 5.90. The average Bonchev–Trinajstić information content (AvgIpc) is 2.37. The molecule has 0 saturated carbocycles. The first kappa shape index (κ1) is 16.3. The van der Waals surface area contributed by atoms with Crippen LogP contribution >= 0.6 is 11.6 Å². The lowest BCUT2D eigenvalue weighted by Crippen LogP contribution is -2.34. The Labute approximate surface area is 122 Å². The summed E-state index contributed by atoms with van der Waals surface area (Å²) in [6.45, 7) is 5.78. The van der Waals surface area contributed by atoms with Crippen LogP contribution in [0, 0.1) is 5.41 Å². The summed E-state index contributed by atoms with van der Waals surface area (Å²) in [5, 5.41) is 3.07. The van der Waals surface area contributed by atoms with Crippen molar-refractivity contribution in [2.24, 2.45) is 11.3 Å². The van der Waals surface area contributed by atoms with Crippen LogP contribution < -0.4 is 21.3 Å². The van der Waals surface area contributed by atoms with E-state index in [0.717, 1.165) is 5.56 Å². The average molecular weight is 300 g/mol. The van der Waals surface area contributed by atoms with E-state index in [-0.39, 0.29) is 16.7 Å². The first-order valence-electron chi connectivity index (χ1n) is 5.99. The molecule has 0 bridgehead atoms. The molecule has 110 valence electrons. The van der Waals surface area contributed by atoms with Crippen LogP contribution in [0.4, 0.5) is 4.79 Å². The van der Waals surface area contributed by atoms with Crippen molar-refractivity contribution in [3.63, 3.8) is 0 Å². The zero-order valence-electron chi connectivity index (χ0n) is 11.6. The molecule has 7 heteroatoms. The molecule has 20 heavy (non-hydrogen) atoms. The van der Waals surface area contributed by atoms with Crippen molar-refractivity contribution in [3.05, 3.63) is 28.8 Å². The summed E-state index contributed by atoms with van der Waals surface area (Å²) in [5.74, 6) is 5.03. The number of halogens is 1. The van der Waals surface area contributed by atoms with Gasteiger partial charge in [-0.15, -0.1) is 0 Å². The second-order valence-corrected chi connectivity index (χ2v) is 5.64. The number of nitrogens with two attached hydrogens (primary N) is 1. The highest BCUT2D eigenvalue weighted by atomic mass is 35.5. The molecular weight excluding hydrogens is 282 g/mol. The third kappa shape index (κ3) is 4.71. The predicted molar refractivity (Wildman–Crippen MR) is 76.1 cm³/mol. The molecular formula is C13H18ClN3O3. The van der Waals surface area contributed by atoms with Gasteiger partial charge in [0.05, 0.1) is 5.02 Å². The number of benzene rings is 1. The maximum Gasteiger partial charge on any atom is 0.426 e. The van der Waals surface area contributed by atoms with E-state index in [2.05, 4.69) is 5.32 Å². The van der Waals surface area contributed by atoms with E-state index in [4.69, 9.17) is 22.2 Å². The number of hydrogen-bond donors (Lipinski definition) is 3. The zero-order valence-corrected chi connectivity index (χ0v) is 12.4. The Balaban J connectivity index is 2.75. The minimum atomic E-state index is -0.817. The molecule has 0 fully saturated rings. The van der Waals surface area contributed by atoms with Crippen LogP contribution in [-0.2, 0) is 11.3 Å². The van der Waals surface area contributed by atoms with Gasteiger partial charge in [-0.1, -0.05) is 38.4 Å². The van der Waals surface area contributed by atoms with Crippen LogP contribution in [0.1, 0.15) is 26.3 Å². The maximum atomic E-state index is 11.8. The van der Waals surface area contributed by atoms with Crippen LogP contribution in [-0.4, -0.2) is 12.0 Å². The van der Waals surface area contributed by atoms with Gasteiger partial charge in [0.2, 0.25) is 5.91 Å². The summed E-state index contributed by atoms with van der Waals surface area (Å²) in [7, 11) is 0. The zero-order chi connectivity index (χ0) is 15.3. The van der Waals surface area contributed by atoms with E-state index in [0.29, 0.717) is 6.54 Å². The molecule has 1 aromatic rings. The Bertz CT molecular complexity index is 512. The lowest BCUT2D eigenvalue weighted by atomic mass is 9.95. The van der Waals surface area contributed by atoms with Crippen molar-refractivity contribution in [3.8, 4) is 5.75 Å². The normalized spacial score (nSPS) is 10.8. The van der Waals surface area contributed by atoms with Crippen molar-refractivity contribution in [1.82, 2.24) is 10.7 Å². The van der Waals surface area contributed by atoms with Crippen LogP contribution in [0.5, 0.6) is 5.75 Å². The fourth-order valence-corrected chi connectivity index (χ4v) is 1.47. The van der Waals surface area contributed by atoms with Crippen LogP contribution in [0.25, 0.3) is 0 Å². The van der Waals surface area contributed by atoms with E-state index in [9.17, 15) is 9.59 Å². The largest absolute Gasteiger partial charge is 0.426 e. The summed E-state index contributed by atoms with van der Waals surface area (Å²) in [6.07, 6.45) is -0.817. The number of hydrazine groups is 1. The molecule has 0 aliphatic heterocycles. The number of amides is 2. The van der Waals surface area contributed by atoms with E-state index in [1.54, 1.807) is 18.2 Å². The minimum absolute atomic E-state index is 0.0744. The molecule has 2 amide bonds. The van der Waals surface area contributed by atoms with Crippen molar-refractivity contribution < 1.29 is 14.3 Å². The van der Waals surface area contributed by atoms with Crippen molar-refractivity contribution in [2.45, 2.75) is 27.3 Å². The first-order chi connectivity index (χ1) is 9.24. The second kappa shape index (κ2) is 6.58. The molecule has 1 aromatic carbocycles. The quantitative estimate of drug-likeness (QED) is 0.452. The van der Waals surface area contributed by atoms with Crippen LogP contribution in [0.2, 0.25) is 5.02 Å². The molecule has 0 unspecified atom stereocenters. The fraction of sp³-hybridized carbons (Fsp3) is 0.385. The van der Waals surface area contributed by atoms with E-state index < -0.39 is 11.5 Å². The molecule has 1 rings (SSSR count). The van der Waals surface area contributed by atoms with Gasteiger partial charge in [0, 0.05) is 12.0 Å². The van der Waals surface area contributed by atoms with E-state index in [1.807, 2.05) is 26.2 Å². The molecule has 0 aliphatic carbocycles. The van der Waals surface area contributed by atoms with Gasteiger partial charge in [0.1, 0.15) is 0 Å². The monoisotopic (exact) mass is 299 g/mol. The summed E-state index contributed by atoms with van der Waals surface area (Å²) in [6, 6.07) is 4.89. The Morgan fingerprint density at radius 3 is 2.55 bits per heavy atom. The lowest BCUT2D eigenvalue weighted by Gasteiger charge is -2.17. The van der Waals surface area contributed by atoms with Gasteiger partial charge < -0.3 is 10.1 Å². The number of carbonyl (C=O) groups is 2. The first-order valence-corrected chi connectivity index (χ1v) is 6.37. The Morgan fingerprint density at radius 2 is 2.00 bits per heavy atom. The number of hydrogen-bond acceptors (Lipinski definition) is 4. The summed E-state index contributed by atoms with van der Waals surface area (Å²) in [4.78, 5) is 22.8. The number of carbonyl (C=O) groups excluding carboxylic acids is 2. The van der Waals surface area contributed by atoms with E-state index >= 15 is 0 Å². The lowest BCUT2D eigenvalue weighted by molar-refractivity contribution is -0.128. The van der Waals surface area contributed by atoms with Crippen molar-refractivity contribution in [2.75, 3.05) is 0 Å². The second-order valence-electron chi connectivity index (χ2n) is 5.23. The molecule has 4 N–H and O–H groups in total. The van der Waals surface area contributed by atoms with Crippen LogP contribution in [0.3, 0.4) is 0 Å². The van der Waals surface area contributed by atoms with Crippen molar-refractivity contribution in [1.29, 1.82) is 0 Å². The summed E-state index contributed by atoms with van der Waals surface area (Å²) in [5.41, 5.74) is 2.13. The predicted octanol–water partition coefficient (Wildman–Crippen LogP) is 1.96. The molecule has 0 heterocycles. The smallest absolute Gasteiger partial charge is 0.408 e. The van der Waals surface area contributed by atoms with Gasteiger partial charge in [-0.3, -0.25) is 10.2 Å². The third-order valence-corrected chi connectivity index (χ3v) is 2.76. The van der Waals surface area contributed by atoms with Gasteiger partial charge in [-0.25, -0.2) is 10.6 Å². The number of ether oxygens (including phenoxy) is 1. The van der Waals surface area contributed by atoms with Gasteiger partial charge in [0.25, 0.3) is 0 Å². The Hall–Kier alpha value is -1.79. The van der Waals surface area contributed by atoms with Gasteiger partial charge in [-0.2, -0.15) is 0 Å². The number of nitrogens with one attached hydrogen (secondary N) is 2. The SMILES string of the molecule is CC(C)(C)C(=O)NCc1ccc(Cl)c(OC(=O)NN)c1. The minimum Gasteiger partial charge on any atom is -0.408 e. The topological polar surface area (TPSA) is 93.4 Å².